The minimum atomic E-state index is -0.306. The van der Waals surface area contributed by atoms with Crippen LogP contribution in [0.4, 0.5) is 0 Å². The maximum absolute atomic E-state index is 12.8. The average molecular weight is 336 g/mol. The Morgan fingerprint density at radius 2 is 1.68 bits per heavy atom. The van der Waals surface area contributed by atoms with Crippen LogP contribution in [0.3, 0.4) is 0 Å². The number of carbonyl (C=O) groups is 2. The number of hydrogen-bond donors (Lipinski definition) is 1. The number of amides is 2. The standard InChI is InChI=1S/C21H24N2O2/c22-21(25)18-11-12-23(15-18)20(24)14-19(17-9-5-2-6-10-17)13-16-7-3-1-4-8-16/h1-10,18-19H,11-15H2,(H2,22,25)/t18-,19+/m1/s1. The van der Waals surface area contributed by atoms with Gasteiger partial charge in [0, 0.05) is 19.5 Å². The number of nitrogens with two attached hydrogens (primary N) is 1. The zero-order valence-corrected chi connectivity index (χ0v) is 14.3. The summed E-state index contributed by atoms with van der Waals surface area (Å²) < 4.78 is 0. The summed E-state index contributed by atoms with van der Waals surface area (Å²) in [6.45, 7) is 1.08. The highest BCUT2D eigenvalue weighted by Gasteiger charge is 2.30. The van der Waals surface area contributed by atoms with Gasteiger partial charge in [0.25, 0.3) is 0 Å². The average Bonchev–Trinajstić information content (AvgIpc) is 3.13. The lowest BCUT2D eigenvalue weighted by Crippen LogP contribution is -2.32. The van der Waals surface area contributed by atoms with Gasteiger partial charge in [-0.25, -0.2) is 0 Å². The molecule has 2 N–H and O–H groups in total. The molecular weight excluding hydrogens is 312 g/mol. The van der Waals surface area contributed by atoms with E-state index in [1.165, 1.54) is 11.1 Å². The smallest absolute Gasteiger partial charge is 0.223 e. The van der Waals surface area contributed by atoms with Crippen LogP contribution in [0.5, 0.6) is 0 Å². The lowest BCUT2D eigenvalue weighted by Gasteiger charge is -2.22. The fraction of sp³-hybridized carbons (Fsp3) is 0.333. The van der Waals surface area contributed by atoms with Gasteiger partial charge in [-0.15, -0.1) is 0 Å². The predicted octanol–water partition coefficient (Wildman–Crippen LogP) is 2.74. The highest BCUT2D eigenvalue weighted by Crippen LogP contribution is 2.27. The van der Waals surface area contributed by atoms with Gasteiger partial charge in [0.1, 0.15) is 0 Å². The van der Waals surface area contributed by atoms with E-state index >= 15 is 0 Å². The van der Waals surface area contributed by atoms with Crippen molar-refractivity contribution in [1.29, 1.82) is 0 Å². The van der Waals surface area contributed by atoms with Crippen molar-refractivity contribution in [3.05, 3.63) is 71.8 Å². The van der Waals surface area contributed by atoms with Gasteiger partial charge in [0.2, 0.25) is 11.8 Å². The van der Waals surface area contributed by atoms with Crippen molar-refractivity contribution in [2.75, 3.05) is 13.1 Å². The number of rotatable bonds is 6. The Morgan fingerprint density at radius 3 is 2.28 bits per heavy atom. The summed E-state index contributed by atoms with van der Waals surface area (Å²) in [7, 11) is 0. The molecule has 1 aliphatic heterocycles. The molecule has 3 rings (SSSR count). The highest BCUT2D eigenvalue weighted by atomic mass is 16.2. The fourth-order valence-electron chi connectivity index (χ4n) is 3.49. The molecule has 130 valence electrons. The number of benzene rings is 2. The first-order chi connectivity index (χ1) is 12.1. The van der Waals surface area contributed by atoms with E-state index in [2.05, 4.69) is 24.3 Å². The molecule has 1 saturated heterocycles. The first kappa shape index (κ1) is 17.2. The second-order valence-corrected chi connectivity index (χ2v) is 6.73. The number of primary amides is 1. The summed E-state index contributed by atoms with van der Waals surface area (Å²) in [6, 6.07) is 20.4. The molecule has 2 atom stereocenters. The molecule has 0 aliphatic carbocycles. The summed E-state index contributed by atoms with van der Waals surface area (Å²) >= 11 is 0. The van der Waals surface area contributed by atoms with Crippen molar-refractivity contribution in [1.82, 2.24) is 4.90 Å². The van der Waals surface area contributed by atoms with Gasteiger partial charge in [-0.1, -0.05) is 60.7 Å². The zero-order valence-electron chi connectivity index (χ0n) is 14.3. The molecule has 0 unspecified atom stereocenters. The molecule has 25 heavy (non-hydrogen) atoms. The third kappa shape index (κ3) is 4.47. The molecule has 0 saturated carbocycles. The Bertz CT molecular complexity index is 715. The van der Waals surface area contributed by atoms with E-state index in [1.807, 2.05) is 36.4 Å². The lowest BCUT2D eigenvalue weighted by atomic mass is 9.89. The van der Waals surface area contributed by atoms with Gasteiger partial charge in [-0.2, -0.15) is 0 Å². The van der Waals surface area contributed by atoms with Crippen LogP contribution >= 0.6 is 0 Å². The monoisotopic (exact) mass is 336 g/mol. The Hall–Kier alpha value is -2.62. The van der Waals surface area contributed by atoms with Crippen LogP contribution in [0.25, 0.3) is 0 Å². The largest absolute Gasteiger partial charge is 0.369 e. The molecule has 1 heterocycles. The molecular formula is C21H24N2O2. The zero-order chi connectivity index (χ0) is 17.6. The number of nitrogens with zero attached hydrogens (tertiary/aromatic N) is 1. The van der Waals surface area contributed by atoms with Crippen LogP contribution in [-0.2, 0) is 16.0 Å². The van der Waals surface area contributed by atoms with Gasteiger partial charge >= 0.3 is 0 Å². The summed E-state index contributed by atoms with van der Waals surface area (Å²) in [4.78, 5) is 25.9. The van der Waals surface area contributed by atoms with Crippen molar-refractivity contribution >= 4 is 11.8 Å². The SMILES string of the molecule is NC(=O)[C@@H]1CCN(C(=O)C[C@H](Cc2ccccc2)c2ccccc2)C1. The van der Waals surface area contributed by atoms with Crippen LogP contribution in [-0.4, -0.2) is 29.8 Å². The molecule has 1 aliphatic rings. The van der Waals surface area contributed by atoms with E-state index < -0.39 is 0 Å². The number of likely N-dealkylation sites (tertiary alicyclic amines) is 1. The van der Waals surface area contributed by atoms with E-state index in [9.17, 15) is 9.59 Å². The third-order valence-electron chi connectivity index (χ3n) is 4.96. The first-order valence-corrected chi connectivity index (χ1v) is 8.79. The van der Waals surface area contributed by atoms with E-state index in [0.717, 1.165) is 6.42 Å². The van der Waals surface area contributed by atoms with E-state index in [-0.39, 0.29) is 23.7 Å². The number of carbonyl (C=O) groups excluding carboxylic acids is 2. The molecule has 0 radical (unpaired) electrons. The molecule has 2 aromatic carbocycles. The molecule has 4 nitrogen and oxygen atoms in total. The summed E-state index contributed by atoms with van der Waals surface area (Å²) in [6.07, 6.45) is 1.95. The Labute approximate surface area is 148 Å². The maximum Gasteiger partial charge on any atom is 0.223 e. The molecule has 0 bridgehead atoms. The quantitative estimate of drug-likeness (QED) is 0.881. The topological polar surface area (TPSA) is 63.4 Å². The van der Waals surface area contributed by atoms with Crippen LogP contribution in [0.2, 0.25) is 0 Å². The lowest BCUT2D eigenvalue weighted by molar-refractivity contribution is -0.130. The molecule has 1 fully saturated rings. The van der Waals surface area contributed by atoms with Crippen molar-refractivity contribution in [3.63, 3.8) is 0 Å². The van der Waals surface area contributed by atoms with Crippen LogP contribution in [0, 0.1) is 5.92 Å². The van der Waals surface area contributed by atoms with E-state index in [4.69, 9.17) is 5.73 Å². The van der Waals surface area contributed by atoms with Gasteiger partial charge in [0.15, 0.2) is 0 Å². The summed E-state index contributed by atoms with van der Waals surface area (Å²) in [5.74, 6) is -0.273. The second-order valence-electron chi connectivity index (χ2n) is 6.73. The molecule has 4 heteroatoms. The van der Waals surface area contributed by atoms with Gasteiger partial charge in [0.05, 0.1) is 5.92 Å². The van der Waals surface area contributed by atoms with Crippen LogP contribution in [0.1, 0.15) is 29.9 Å². The second kappa shape index (κ2) is 7.97. The van der Waals surface area contributed by atoms with E-state index in [0.29, 0.717) is 25.9 Å². The van der Waals surface area contributed by atoms with Crippen LogP contribution < -0.4 is 5.73 Å². The van der Waals surface area contributed by atoms with Crippen molar-refractivity contribution < 1.29 is 9.59 Å². The Morgan fingerprint density at radius 1 is 1.04 bits per heavy atom. The minimum Gasteiger partial charge on any atom is -0.369 e. The maximum atomic E-state index is 12.8. The van der Waals surface area contributed by atoms with Crippen LogP contribution in [0.15, 0.2) is 60.7 Å². The first-order valence-electron chi connectivity index (χ1n) is 8.79. The molecule has 0 spiro atoms. The fourth-order valence-corrected chi connectivity index (χ4v) is 3.49. The molecule has 2 aromatic rings. The van der Waals surface area contributed by atoms with Crippen molar-refractivity contribution in [3.8, 4) is 0 Å². The third-order valence-corrected chi connectivity index (χ3v) is 4.96. The van der Waals surface area contributed by atoms with Crippen molar-refractivity contribution in [2.45, 2.75) is 25.2 Å². The van der Waals surface area contributed by atoms with E-state index in [1.54, 1.807) is 4.90 Å². The Kier molecular flexibility index (Phi) is 5.49. The van der Waals surface area contributed by atoms with Gasteiger partial charge < -0.3 is 10.6 Å². The summed E-state index contributed by atoms with van der Waals surface area (Å²) in [5.41, 5.74) is 7.77. The van der Waals surface area contributed by atoms with Gasteiger partial charge in [-0.3, -0.25) is 9.59 Å². The van der Waals surface area contributed by atoms with Gasteiger partial charge in [-0.05, 0) is 29.9 Å². The number of hydrogen-bond acceptors (Lipinski definition) is 2. The summed E-state index contributed by atoms with van der Waals surface area (Å²) in [5, 5.41) is 0. The van der Waals surface area contributed by atoms with Crippen molar-refractivity contribution in [2.24, 2.45) is 11.7 Å². The minimum absolute atomic E-state index is 0.105. The predicted molar refractivity (Wildman–Crippen MR) is 97.8 cm³/mol. The highest BCUT2D eigenvalue weighted by molar-refractivity contribution is 5.81. The molecule has 0 aromatic heterocycles. The Balaban J connectivity index is 1.71. The normalized spacial score (nSPS) is 18.1. The molecule has 2 amide bonds.